The number of carbonyl (C=O) groups excluding carboxylic acids is 4. The molecular weight excluding hydrogens is 801 g/mol. The van der Waals surface area contributed by atoms with Gasteiger partial charge in [0.25, 0.3) is 11.8 Å². The predicted molar refractivity (Wildman–Crippen MR) is 232 cm³/mol. The molecular formula is C45H52N6O9S. The molecule has 16 heteroatoms. The van der Waals surface area contributed by atoms with E-state index >= 15 is 0 Å². The van der Waals surface area contributed by atoms with Gasteiger partial charge in [0, 0.05) is 66.3 Å². The summed E-state index contributed by atoms with van der Waals surface area (Å²) in [6, 6.07) is 22.6. The molecule has 3 N–H and O–H groups in total. The monoisotopic (exact) mass is 852 g/mol. The number of rotatable bonds is 14. The molecule has 15 nitrogen and oxygen atoms in total. The van der Waals surface area contributed by atoms with Crippen molar-refractivity contribution in [3.63, 3.8) is 0 Å². The molecule has 1 aliphatic heterocycles. The number of pyridine rings is 1. The standard InChI is InChI=1S/C45H52N6O9S/c1-8-28-25-45(28,42(54)49-61(56,57)33-19-20-33)48-40(52)37-23-32(59-38-24-35(27-12-10-9-11-13-27)47-36-22-31(58-7)18-21-34(36)38)26-51(37)41(53)39(44(2,3)4)60-43(55)46-29-14-16-30(17-15-29)50(5)6/h8-18,21-22,24,28,32-33,37,39H,1,19-20,23,25-26H2,2-7H3,(H,46,55)(H,48,52)(H,49,54)/t28-,32-,37+,39?,45-/m1/s1. The fourth-order valence-electron chi connectivity index (χ4n) is 7.58. The Kier molecular flexibility index (Phi) is 11.8. The SMILES string of the molecule is C=C[C@@H]1C[C@]1(NC(=O)[C@@H]1C[C@@H](Oc2cc(-c3ccccc3)nc3cc(OC)ccc23)CN1C(=O)C(OC(=O)Nc1ccc(N(C)C)cc1)C(C)(C)C)C(=O)NS(=O)(=O)C1CC1. The molecule has 0 spiro atoms. The zero-order valence-electron chi connectivity index (χ0n) is 35.1. The lowest BCUT2D eigenvalue weighted by molar-refractivity contribution is -0.150. The number of anilines is 2. The van der Waals surface area contributed by atoms with Gasteiger partial charge in [0.15, 0.2) is 6.10 Å². The number of sulfonamides is 1. The highest BCUT2D eigenvalue weighted by atomic mass is 32.2. The maximum Gasteiger partial charge on any atom is 0.412 e. The Morgan fingerprint density at radius 1 is 1.00 bits per heavy atom. The number of benzene rings is 3. The third kappa shape index (κ3) is 9.28. The Bertz CT molecular complexity index is 2450. The second-order valence-corrected chi connectivity index (χ2v) is 19.1. The molecule has 1 unspecified atom stereocenters. The highest BCUT2D eigenvalue weighted by molar-refractivity contribution is 7.91. The molecule has 2 heterocycles. The molecule has 0 bridgehead atoms. The summed E-state index contributed by atoms with van der Waals surface area (Å²) in [5, 5.41) is 5.51. The molecule has 61 heavy (non-hydrogen) atoms. The Hall–Kier alpha value is -6.16. The number of aromatic nitrogens is 1. The summed E-state index contributed by atoms with van der Waals surface area (Å²) in [6.45, 7) is 8.94. The van der Waals surface area contributed by atoms with E-state index in [1.54, 1.807) is 58.2 Å². The van der Waals surface area contributed by atoms with Gasteiger partial charge in [-0.05, 0) is 55.7 Å². The Labute approximate surface area is 355 Å². The maximum atomic E-state index is 14.8. The van der Waals surface area contributed by atoms with E-state index in [0.717, 1.165) is 11.3 Å². The molecule has 1 saturated heterocycles. The highest BCUT2D eigenvalue weighted by Crippen LogP contribution is 2.46. The van der Waals surface area contributed by atoms with E-state index < -0.39 is 74.2 Å². The number of hydrogen-bond acceptors (Lipinski definition) is 11. The van der Waals surface area contributed by atoms with E-state index in [2.05, 4.69) is 21.9 Å². The summed E-state index contributed by atoms with van der Waals surface area (Å²) < 4.78 is 45.9. The molecule has 4 aromatic rings. The first-order chi connectivity index (χ1) is 28.9. The van der Waals surface area contributed by atoms with E-state index in [9.17, 15) is 27.6 Å². The van der Waals surface area contributed by atoms with Gasteiger partial charge in [0.2, 0.25) is 15.9 Å². The van der Waals surface area contributed by atoms with Crippen LogP contribution in [-0.4, -0.2) is 98.9 Å². The fourth-order valence-corrected chi connectivity index (χ4v) is 8.94. The van der Waals surface area contributed by atoms with Gasteiger partial charge in [-0.3, -0.25) is 24.4 Å². The summed E-state index contributed by atoms with van der Waals surface area (Å²) in [4.78, 5) is 64.6. The Morgan fingerprint density at radius 2 is 1.70 bits per heavy atom. The van der Waals surface area contributed by atoms with Gasteiger partial charge in [0.05, 0.1) is 30.1 Å². The maximum absolute atomic E-state index is 14.8. The van der Waals surface area contributed by atoms with Crippen molar-refractivity contribution in [3.05, 3.63) is 91.5 Å². The van der Waals surface area contributed by atoms with E-state index in [4.69, 9.17) is 19.2 Å². The number of nitrogens with one attached hydrogen (secondary N) is 3. The van der Waals surface area contributed by atoms with Gasteiger partial charge >= 0.3 is 6.09 Å². The van der Waals surface area contributed by atoms with Crippen LogP contribution in [0, 0.1) is 11.3 Å². The van der Waals surface area contributed by atoms with E-state index in [-0.39, 0.29) is 19.4 Å². The van der Waals surface area contributed by atoms with Crippen LogP contribution in [-0.2, 0) is 29.1 Å². The summed E-state index contributed by atoms with van der Waals surface area (Å²) in [5.41, 5.74) is 0.882. The zero-order valence-corrected chi connectivity index (χ0v) is 36.0. The van der Waals surface area contributed by atoms with E-state index in [1.165, 1.54) is 11.0 Å². The van der Waals surface area contributed by atoms with Gasteiger partial charge in [-0.2, -0.15) is 0 Å². The van der Waals surface area contributed by atoms with Crippen molar-refractivity contribution >= 4 is 56.1 Å². The third-order valence-electron chi connectivity index (χ3n) is 11.3. The smallest absolute Gasteiger partial charge is 0.412 e. The van der Waals surface area contributed by atoms with Crippen LogP contribution in [0.2, 0.25) is 0 Å². The number of methoxy groups -OCH3 is 1. The number of ether oxygens (including phenoxy) is 3. The molecule has 2 saturated carbocycles. The number of nitrogens with zero attached hydrogens (tertiary/aromatic N) is 3. The molecule has 3 aromatic carbocycles. The molecule has 0 radical (unpaired) electrons. The second kappa shape index (κ2) is 16.7. The summed E-state index contributed by atoms with van der Waals surface area (Å²) in [6.07, 6.45) is -0.526. The van der Waals surface area contributed by atoms with E-state index in [1.807, 2.05) is 67.5 Å². The molecule has 2 aliphatic carbocycles. The van der Waals surface area contributed by atoms with Crippen molar-refractivity contribution in [3.8, 4) is 22.8 Å². The quantitative estimate of drug-likeness (QED) is 0.133. The van der Waals surface area contributed by atoms with Crippen molar-refractivity contribution in [2.24, 2.45) is 11.3 Å². The Balaban J connectivity index is 1.20. The zero-order chi connectivity index (χ0) is 43.9. The minimum Gasteiger partial charge on any atom is -0.497 e. The number of likely N-dealkylation sites (tertiary alicyclic amines) is 1. The molecule has 322 valence electrons. The van der Waals surface area contributed by atoms with Crippen LogP contribution in [0.1, 0.15) is 46.5 Å². The van der Waals surface area contributed by atoms with Gasteiger partial charge in [0.1, 0.15) is 29.2 Å². The molecule has 1 aromatic heterocycles. The van der Waals surface area contributed by atoms with Crippen LogP contribution < -0.4 is 29.7 Å². The van der Waals surface area contributed by atoms with Gasteiger partial charge < -0.3 is 29.3 Å². The first-order valence-electron chi connectivity index (χ1n) is 20.2. The lowest BCUT2D eigenvalue weighted by Crippen LogP contribution is -2.58. The normalized spacial score (nSPS) is 21.5. The number of carbonyl (C=O) groups is 4. The number of amides is 4. The fraction of sp³-hybridized carbons (Fsp3) is 0.400. The highest BCUT2D eigenvalue weighted by Gasteiger charge is 2.62. The van der Waals surface area contributed by atoms with Crippen molar-refractivity contribution in [1.29, 1.82) is 0 Å². The topological polar surface area (TPSA) is 186 Å². The first kappa shape index (κ1) is 42.9. The first-order valence-corrected chi connectivity index (χ1v) is 21.7. The lowest BCUT2D eigenvalue weighted by Gasteiger charge is -2.34. The van der Waals surface area contributed by atoms with Crippen LogP contribution >= 0.6 is 0 Å². The predicted octanol–water partition coefficient (Wildman–Crippen LogP) is 5.66. The van der Waals surface area contributed by atoms with Crippen molar-refractivity contribution < 1.29 is 41.8 Å². The van der Waals surface area contributed by atoms with Gasteiger partial charge in [-0.25, -0.2) is 18.2 Å². The van der Waals surface area contributed by atoms with Crippen molar-refractivity contribution in [1.82, 2.24) is 19.9 Å². The van der Waals surface area contributed by atoms with Gasteiger partial charge in [-0.15, -0.1) is 6.58 Å². The van der Waals surface area contributed by atoms with Gasteiger partial charge in [-0.1, -0.05) is 57.2 Å². The number of hydrogen-bond donors (Lipinski definition) is 3. The minimum absolute atomic E-state index is 0.0175. The molecule has 4 amide bonds. The largest absolute Gasteiger partial charge is 0.497 e. The van der Waals surface area contributed by atoms with E-state index in [0.29, 0.717) is 46.6 Å². The average molecular weight is 853 g/mol. The summed E-state index contributed by atoms with van der Waals surface area (Å²) >= 11 is 0. The third-order valence-corrected chi connectivity index (χ3v) is 13.1. The second-order valence-electron chi connectivity index (χ2n) is 17.1. The molecule has 5 atom stereocenters. The average Bonchev–Trinajstić information content (AvgIpc) is 4.16. The number of fused-ring (bicyclic) bond motifs is 1. The van der Waals surface area contributed by atoms with Crippen molar-refractivity contribution in [2.45, 2.75) is 75.5 Å². The minimum atomic E-state index is -3.94. The summed E-state index contributed by atoms with van der Waals surface area (Å²) in [7, 11) is 1.42. The van der Waals surface area contributed by atoms with Crippen LogP contribution in [0.4, 0.5) is 16.2 Å². The van der Waals surface area contributed by atoms with Crippen LogP contribution in [0.3, 0.4) is 0 Å². The Morgan fingerprint density at radius 3 is 2.31 bits per heavy atom. The van der Waals surface area contributed by atoms with Crippen LogP contribution in [0.5, 0.6) is 11.5 Å². The van der Waals surface area contributed by atoms with Crippen LogP contribution in [0.15, 0.2) is 91.5 Å². The van der Waals surface area contributed by atoms with Crippen molar-refractivity contribution in [2.75, 3.05) is 38.0 Å². The summed E-state index contributed by atoms with van der Waals surface area (Å²) in [5.74, 6) is -1.73. The molecule has 7 rings (SSSR count). The molecule has 3 fully saturated rings. The molecule has 3 aliphatic rings. The lowest BCUT2D eigenvalue weighted by atomic mass is 9.88. The van der Waals surface area contributed by atoms with Crippen LogP contribution in [0.25, 0.3) is 22.2 Å².